The van der Waals surface area contributed by atoms with E-state index in [9.17, 15) is 4.79 Å². The molecule has 0 radical (unpaired) electrons. The van der Waals surface area contributed by atoms with E-state index >= 15 is 0 Å². The number of carbonyl (C=O) groups is 1. The molecule has 5 nitrogen and oxygen atoms in total. The van der Waals surface area contributed by atoms with Gasteiger partial charge in [0.25, 0.3) is 5.91 Å². The molecule has 0 spiro atoms. The van der Waals surface area contributed by atoms with E-state index in [0.717, 1.165) is 6.21 Å². The van der Waals surface area contributed by atoms with Crippen LogP contribution < -0.4 is 5.43 Å². The van der Waals surface area contributed by atoms with E-state index < -0.39 is 5.91 Å². The molecule has 2 aromatic carbocycles. The van der Waals surface area contributed by atoms with Gasteiger partial charge in [-0.05, 0) is 30.3 Å². The Bertz CT molecular complexity index is 771. The molecular weight excluding hydrogens is 361 g/mol. The van der Waals surface area contributed by atoms with E-state index in [1.165, 1.54) is 18.2 Å². The predicted octanol–water partition coefficient (Wildman–Crippen LogP) is 4.24. The lowest BCUT2D eigenvalue weighted by Gasteiger charge is -2.04. The lowest BCUT2D eigenvalue weighted by atomic mass is 10.1. The third-order valence-corrected chi connectivity index (χ3v) is 3.37. The second-order valence-electron chi connectivity index (χ2n) is 4.35. The van der Waals surface area contributed by atoms with Crippen molar-refractivity contribution in [1.29, 1.82) is 0 Å². The SMILES string of the molecule is O=C(NN=C(C=NO)c1cccc(Cl)c1)c1cc(Cl)cc(Cl)c1. The van der Waals surface area contributed by atoms with Crippen molar-refractivity contribution in [2.45, 2.75) is 0 Å². The molecule has 0 aliphatic rings. The molecule has 0 atom stereocenters. The van der Waals surface area contributed by atoms with Gasteiger partial charge in [0.2, 0.25) is 0 Å². The van der Waals surface area contributed by atoms with E-state index in [1.807, 2.05) is 0 Å². The topological polar surface area (TPSA) is 74.0 Å². The number of hydrazone groups is 1. The Morgan fingerprint density at radius 1 is 1.00 bits per heavy atom. The summed E-state index contributed by atoms with van der Waals surface area (Å²) in [6.07, 6.45) is 1.08. The largest absolute Gasteiger partial charge is 0.411 e. The molecule has 2 aromatic rings. The highest BCUT2D eigenvalue weighted by atomic mass is 35.5. The Hall–Kier alpha value is -2.08. The third kappa shape index (κ3) is 4.96. The molecule has 0 aromatic heterocycles. The molecular formula is C15H10Cl3N3O2. The van der Waals surface area contributed by atoms with Crippen LogP contribution in [-0.2, 0) is 0 Å². The van der Waals surface area contributed by atoms with Gasteiger partial charge in [0.05, 0.1) is 6.21 Å². The number of carbonyl (C=O) groups excluding carboxylic acids is 1. The molecule has 23 heavy (non-hydrogen) atoms. The molecule has 0 fully saturated rings. The summed E-state index contributed by atoms with van der Waals surface area (Å²) < 4.78 is 0. The second-order valence-corrected chi connectivity index (χ2v) is 5.66. The van der Waals surface area contributed by atoms with Gasteiger partial charge in [-0.15, -0.1) is 0 Å². The number of halogens is 3. The normalized spacial score (nSPS) is 11.7. The van der Waals surface area contributed by atoms with Crippen LogP contribution in [0.15, 0.2) is 52.7 Å². The van der Waals surface area contributed by atoms with Crippen LogP contribution in [0.3, 0.4) is 0 Å². The first-order valence-corrected chi connectivity index (χ1v) is 7.40. The molecule has 0 heterocycles. The zero-order chi connectivity index (χ0) is 16.8. The van der Waals surface area contributed by atoms with Gasteiger partial charge in [-0.3, -0.25) is 4.79 Å². The fourth-order valence-corrected chi connectivity index (χ4v) is 2.45. The zero-order valence-corrected chi connectivity index (χ0v) is 13.8. The standard InChI is InChI=1S/C15H10Cl3N3O2/c16-11-3-1-2-9(4-11)14(8-19-23)20-21-15(22)10-5-12(17)7-13(18)6-10/h1-8,23H,(H,21,22). The van der Waals surface area contributed by atoms with E-state index in [1.54, 1.807) is 24.3 Å². The van der Waals surface area contributed by atoms with Gasteiger partial charge in [0.15, 0.2) is 0 Å². The number of rotatable bonds is 4. The van der Waals surface area contributed by atoms with Gasteiger partial charge in [0.1, 0.15) is 5.71 Å². The van der Waals surface area contributed by atoms with Crippen molar-refractivity contribution in [3.05, 3.63) is 68.7 Å². The van der Waals surface area contributed by atoms with Gasteiger partial charge < -0.3 is 5.21 Å². The first-order valence-electron chi connectivity index (χ1n) is 6.27. The number of amides is 1. The molecule has 0 saturated carbocycles. The zero-order valence-electron chi connectivity index (χ0n) is 11.5. The summed E-state index contributed by atoms with van der Waals surface area (Å²) in [5.74, 6) is -0.514. The summed E-state index contributed by atoms with van der Waals surface area (Å²) in [5, 5.41) is 16.7. The number of benzene rings is 2. The number of oxime groups is 1. The number of nitrogens with zero attached hydrogens (tertiary/aromatic N) is 2. The summed E-state index contributed by atoms with van der Waals surface area (Å²) in [7, 11) is 0. The molecule has 0 unspecified atom stereocenters. The summed E-state index contributed by atoms with van der Waals surface area (Å²) in [5.41, 5.74) is 3.38. The fraction of sp³-hybridized carbons (Fsp3) is 0. The maximum absolute atomic E-state index is 12.1. The van der Waals surface area contributed by atoms with Crippen molar-refractivity contribution in [2.75, 3.05) is 0 Å². The van der Waals surface area contributed by atoms with Crippen molar-refractivity contribution >= 4 is 52.6 Å². The van der Waals surface area contributed by atoms with E-state index in [2.05, 4.69) is 15.7 Å². The minimum atomic E-state index is -0.514. The molecule has 118 valence electrons. The minimum Gasteiger partial charge on any atom is -0.411 e. The molecule has 0 aliphatic heterocycles. The highest BCUT2D eigenvalue weighted by Gasteiger charge is 2.08. The van der Waals surface area contributed by atoms with E-state index in [0.29, 0.717) is 20.6 Å². The molecule has 0 aliphatic carbocycles. The van der Waals surface area contributed by atoms with Crippen LogP contribution in [-0.4, -0.2) is 23.0 Å². The van der Waals surface area contributed by atoms with Gasteiger partial charge in [-0.25, -0.2) is 5.43 Å². The molecule has 0 bridgehead atoms. The number of hydrogen-bond donors (Lipinski definition) is 2. The second kappa shape index (κ2) is 7.97. The van der Waals surface area contributed by atoms with E-state index in [-0.39, 0.29) is 11.3 Å². The summed E-state index contributed by atoms with van der Waals surface area (Å²) in [6.45, 7) is 0. The molecule has 0 saturated heterocycles. The van der Waals surface area contributed by atoms with Gasteiger partial charge in [-0.2, -0.15) is 5.10 Å². The highest BCUT2D eigenvalue weighted by molar-refractivity contribution is 6.39. The van der Waals surface area contributed by atoms with Crippen molar-refractivity contribution < 1.29 is 10.0 Å². The summed E-state index contributed by atoms with van der Waals surface area (Å²) >= 11 is 17.6. The third-order valence-electron chi connectivity index (χ3n) is 2.70. The molecule has 2 rings (SSSR count). The Morgan fingerprint density at radius 2 is 1.65 bits per heavy atom. The quantitative estimate of drug-likeness (QED) is 0.480. The average molecular weight is 371 g/mol. The molecule has 8 heteroatoms. The summed E-state index contributed by atoms with van der Waals surface area (Å²) in [4.78, 5) is 12.1. The van der Waals surface area contributed by atoms with Crippen molar-refractivity contribution in [1.82, 2.24) is 5.43 Å². The maximum Gasteiger partial charge on any atom is 0.271 e. The Kier molecular flexibility index (Phi) is 5.98. The lowest BCUT2D eigenvalue weighted by Crippen LogP contribution is -2.20. The van der Waals surface area contributed by atoms with Gasteiger partial charge in [-0.1, -0.05) is 52.1 Å². The van der Waals surface area contributed by atoms with Gasteiger partial charge >= 0.3 is 0 Å². The van der Waals surface area contributed by atoms with Crippen molar-refractivity contribution in [3.8, 4) is 0 Å². The van der Waals surface area contributed by atoms with Crippen molar-refractivity contribution in [2.24, 2.45) is 10.3 Å². The first kappa shape index (κ1) is 17.3. The minimum absolute atomic E-state index is 0.219. The van der Waals surface area contributed by atoms with Crippen LogP contribution in [0.4, 0.5) is 0 Å². The Balaban J connectivity index is 2.25. The maximum atomic E-state index is 12.1. The van der Waals surface area contributed by atoms with Crippen LogP contribution >= 0.6 is 34.8 Å². The highest BCUT2D eigenvalue weighted by Crippen LogP contribution is 2.19. The molecule has 1 amide bonds. The van der Waals surface area contributed by atoms with E-state index in [4.69, 9.17) is 40.0 Å². The van der Waals surface area contributed by atoms with Crippen LogP contribution in [0.1, 0.15) is 15.9 Å². The fourth-order valence-electron chi connectivity index (χ4n) is 1.73. The van der Waals surface area contributed by atoms with Crippen LogP contribution in [0, 0.1) is 0 Å². The Labute approximate surface area is 147 Å². The number of hydrogen-bond acceptors (Lipinski definition) is 4. The predicted molar refractivity (Wildman–Crippen MR) is 92.2 cm³/mol. The van der Waals surface area contributed by atoms with Crippen LogP contribution in [0.25, 0.3) is 0 Å². The smallest absolute Gasteiger partial charge is 0.271 e. The first-order chi connectivity index (χ1) is 11.0. The van der Waals surface area contributed by atoms with Crippen LogP contribution in [0.5, 0.6) is 0 Å². The lowest BCUT2D eigenvalue weighted by molar-refractivity contribution is 0.0955. The summed E-state index contributed by atoms with van der Waals surface area (Å²) in [6, 6.07) is 11.1. The number of nitrogens with one attached hydrogen (secondary N) is 1. The Morgan fingerprint density at radius 3 is 2.26 bits per heavy atom. The van der Waals surface area contributed by atoms with Gasteiger partial charge in [0, 0.05) is 26.2 Å². The van der Waals surface area contributed by atoms with Crippen LogP contribution in [0.2, 0.25) is 15.1 Å². The average Bonchev–Trinajstić information content (AvgIpc) is 2.50. The monoisotopic (exact) mass is 369 g/mol. The molecule has 2 N–H and O–H groups in total. The van der Waals surface area contributed by atoms with Crippen molar-refractivity contribution in [3.63, 3.8) is 0 Å².